The molecule has 0 aliphatic carbocycles. The van der Waals surface area contributed by atoms with Gasteiger partial charge in [-0.25, -0.2) is 4.98 Å². The highest BCUT2D eigenvalue weighted by molar-refractivity contribution is 5.78. The molecule has 2 aromatic carbocycles. The average molecular weight is 377 g/mol. The van der Waals surface area contributed by atoms with Crippen LogP contribution in [0.4, 0.5) is 0 Å². The van der Waals surface area contributed by atoms with Gasteiger partial charge < -0.3 is 15.4 Å². The monoisotopic (exact) mass is 377 g/mol. The van der Waals surface area contributed by atoms with Gasteiger partial charge in [-0.15, -0.1) is 0 Å². The van der Waals surface area contributed by atoms with Crippen molar-refractivity contribution in [3.8, 4) is 11.1 Å². The lowest BCUT2D eigenvalue weighted by atomic mass is 9.98. The van der Waals surface area contributed by atoms with Gasteiger partial charge >= 0.3 is 5.97 Å². The van der Waals surface area contributed by atoms with Crippen LogP contribution in [0.3, 0.4) is 0 Å². The molecule has 0 fully saturated rings. The van der Waals surface area contributed by atoms with Gasteiger partial charge in [0.2, 0.25) is 5.91 Å². The van der Waals surface area contributed by atoms with Gasteiger partial charge in [0.15, 0.2) is 0 Å². The second-order valence-corrected chi connectivity index (χ2v) is 6.72. The first-order valence-corrected chi connectivity index (χ1v) is 9.23. The molecule has 0 aliphatic heterocycles. The maximum Gasteiger partial charge on any atom is 0.303 e. The quantitative estimate of drug-likeness (QED) is 0.534. The summed E-state index contributed by atoms with van der Waals surface area (Å²) in [7, 11) is 0. The summed E-state index contributed by atoms with van der Waals surface area (Å²) >= 11 is 0. The van der Waals surface area contributed by atoms with Crippen molar-refractivity contribution >= 4 is 11.9 Å². The molecule has 144 valence electrons. The van der Waals surface area contributed by atoms with Crippen LogP contribution in [0, 0.1) is 0 Å². The predicted molar refractivity (Wildman–Crippen MR) is 107 cm³/mol. The van der Waals surface area contributed by atoms with E-state index in [4.69, 9.17) is 5.11 Å². The third-order valence-electron chi connectivity index (χ3n) is 4.52. The van der Waals surface area contributed by atoms with Crippen LogP contribution in [0.2, 0.25) is 0 Å². The van der Waals surface area contributed by atoms with E-state index in [1.165, 1.54) is 6.33 Å². The fourth-order valence-electron chi connectivity index (χ4n) is 3.10. The van der Waals surface area contributed by atoms with Gasteiger partial charge in [0.25, 0.3) is 0 Å². The zero-order chi connectivity index (χ0) is 19.8. The Morgan fingerprint density at radius 2 is 1.75 bits per heavy atom. The van der Waals surface area contributed by atoms with Gasteiger partial charge in [-0.3, -0.25) is 9.59 Å². The zero-order valence-electron chi connectivity index (χ0n) is 15.5. The van der Waals surface area contributed by atoms with Crippen LogP contribution in [-0.2, 0) is 22.4 Å². The number of aromatic nitrogens is 2. The number of benzene rings is 2. The number of amides is 1. The molecule has 28 heavy (non-hydrogen) atoms. The Balaban J connectivity index is 1.64. The lowest BCUT2D eigenvalue weighted by molar-refractivity contribution is -0.137. The maximum atomic E-state index is 12.3. The van der Waals surface area contributed by atoms with E-state index in [9.17, 15) is 9.59 Å². The Morgan fingerprint density at radius 1 is 1.04 bits per heavy atom. The van der Waals surface area contributed by atoms with Crippen LogP contribution >= 0.6 is 0 Å². The predicted octanol–water partition coefficient (Wildman–Crippen LogP) is 3.21. The SMILES string of the molecule is O=C(O)CCC(Cc1ccc(-c2ccccc2)cc1)NC(=O)Cc1cnc[nH]1. The van der Waals surface area contributed by atoms with Gasteiger partial charge in [0, 0.05) is 24.4 Å². The number of H-pyrrole nitrogens is 1. The second-order valence-electron chi connectivity index (χ2n) is 6.72. The van der Waals surface area contributed by atoms with Crippen molar-refractivity contribution in [1.29, 1.82) is 0 Å². The molecule has 1 aromatic heterocycles. The van der Waals surface area contributed by atoms with E-state index in [1.807, 2.05) is 42.5 Å². The number of nitrogens with one attached hydrogen (secondary N) is 2. The first-order chi connectivity index (χ1) is 13.6. The molecular weight excluding hydrogens is 354 g/mol. The molecule has 3 rings (SSSR count). The standard InChI is InChI=1S/C22H23N3O3/c26-21(13-20-14-23-15-24-20)25-19(10-11-22(27)28)12-16-6-8-18(9-7-16)17-4-2-1-3-5-17/h1-9,14-15,19H,10-13H2,(H,23,24)(H,25,26)(H,27,28). The van der Waals surface area contributed by atoms with Crippen molar-refractivity contribution < 1.29 is 14.7 Å². The van der Waals surface area contributed by atoms with Crippen LogP contribution in [0.25, 0.3) is 11.1 Å². The lowest BCUT2D eigenvalue weighted by Crippen LogP contribution is -2.37. The number of hydrogen-bond donors (Lipinski definition) is 3. The summed E-state index contributed by atoms with van der Waals surface area (Å²) in [5.41, 5.74) is 4.04. The topological polar surface area (TPSA) is 95.1 Å². The molecule has 0 radical (unpaired) electrons. The molecule has 1 amide bonds. The highest BCUT2D eigenvalue weighted by Gasteiger charge is 2.15. The molecule has 0 aliphatic rings. The number of carboxylic acids is 1. The number of carbonyl (C=O) groups excluding carboxylic acids is 1. The van der Waals surface area contributed by atoms with E-state index in [1.54, 1.807) is 6.20 Å². The fourth-order valence-corrected chi connectivity index (χ4v) is 3.10. The summed E-state index contributed by atoms with van der Waals surface area (Å²) in [5, 5.41) is 12.0. The van der Waals surface area contributed by atoms with Crippen molar-refractivity contribution in [3.63, 3.8) is 0 Å². The average Bonchev–Trinajstić information content (AvgIpc) is 3.20. The molecule has 1 atom stereocenters. The summed E-state index contributed by atoms with van der Waals surface area (Å²) < 4.78 is 0. The Bertz CT molecular complexity index is 891. The van der Waals surface area contributed by atoms with E-state index in [0.29, 0.717) is 12.8 Å². The van der Waals surface area contributed by atoms with Crippen LogP contribution in [0.1, 0.15) is 24.1 Å². The van der Waals surface area contributed by atoms with Crippen LogP contribution in [0.15, 0.2) is 67.1 Å². The molecule has 6 heteroatoms. The summed E-state index contributed by atoms with van der Waals surface area (Å²) in [6, 6.07) is 18.0. The summed E-state index contributed by atoms with van der Waals surface area (Å²) in [6.07, 6.45) is 4.29. The Labute approximate surface area is 163 Å². The number of nitrogens with zero attached hydrogens (tertiary/aromatic N) is 1. The Morgan fingerprint density at radius 3 is 2.39 bits per heavy atom. The van der Waals surface area contributed by atoms with Crippen LogP contribution < -0.4 is 5.32 Å². The number of carbonyl (C=O) groups is 2. The number of hydrogen-bond acceptors (Lipinski definition) is 3. The van der Waals surface area contributed by atoms with Crippen molar-refractivity contribution in [1.82, 2.24) is 15.3 Å². The summed E-state index contributed by atoms with van der Waals surface area (Å²) in [6.45, 7) is 0. The number of imidazole rings is 1. The minimum atomic E-state index is -0.868. The van der Waals surface area contributed by atoms with Gasteiger partial charge in [0.1, 0.15) is 0 Å². The molecule has 0 saturated heterocycles. The van der Waals surface area contributed by atoms with Crippen molar-refractivity contribution in [2.24, 2.45) is 0 Å². The molecular formula is C22H23N3O3. The minimum Gasteiger partial charge on any atom is -0.481 e. The van der Waals surface area contributed by atoms with Crippen LogP contribution in [0.5, 0.6) is 0 Å². The highest BCUT2D eigenvalue weighted by Crippen LogP contribution is 2.20. The third kappa shape index (κ3) is 5.81. The van der Waals surface area contributed by atoms with E-state index in [-0.39, 0.29) is 24.8 Å². The van der Waals surface area contributed by atoms with Crippen molar-refractivity contribution in [2.75, 3.05) is 0 Å². The molecule has 3 N–H and O–H groups in total. The molecule has 1 heterocycles. The lowest BCUT2D eigenvalue weighted by Gasteiger charge is -2.18. The molecule has 1 unspecified atom stereocenters. The largest absolute Gasteiger partial charge is 0.481 e. The van der Waals surface area contributed by atoms with Crippen molar-refractivity contribution in [2.45, 2.75) is 31.7 Å². The number of aromatic amines is 1. The highest BCUT2D eigenvalue weighted by atomic mass is 16.4. The third-order valence-corrected chi connectivity index (χ3v) is 4.52. The van der Waals surface area contributed by atoms with Crippen LogP contribution in [-0.4, -0.2) is 33.0 Å². The van der Waals surface area contributed by atoms with E-state index in [0.717, 1.165) is 22.4 Å². The number of aliphatic carboxylic acids is 1. The van der Waals surface area contributed by atoms with Gasteiger partial charge in [-0.05, 0) is 29.5 Å². The van der Waals surface area contributed by atoms with E-state index in [2.05, 4.69) is 27.4 Å². The smallest absolute Gasteiger partial charge is 0.303 e. The Hall–Kier alpha value is -3.41. The Kier molecular flexibility index (Phi) is 6.57. The molecule has 6 nitrogen and oxygen atoms in total. The van der Waals surface area contributed by atoms with Crippen molar-refractivity contribution in [3.05, 3.63) is 78.4 Å². The zero-order valence-corrected chi connectivity index (χ0v) is 15.5. The van der Waals surface area contributed by atoms with Gasteiger partial charge in [0.05, 0.1) is 12.7 Å². The van der Waals surface area contributed by atoms with Gasteiger partial charge in [-0.2, -0.15) is 0 Å². The van der Waals surface area contributed by atoms with E-state index >= 15 is 0 Å². The molecule has 0 bridgehead atoms. The normalized spacial score (nSPS) is 11.7. The molecule has 0 spiro atoms. The fraction of sp³-hybridized carbons (Fsp3) is 0.227. The van der Waals surface area contributed by atoms with E-state index < -0.39 is 5.97 Å². The molecule has 3 aromatic rings. The minimum absolute atomic E-state index is 0.0110. The maximum absolute atomic E-state index is 12.3. The second kappa shape index (κ2) is 9.50. The number of carboxylic acid groups (broad SMARTS) is 1. The summed E-state index contributed by atoms with van der Waals surface area (Å²) in [5.74, 6) is -1.02. The van der Waals surface area contributed by atoms with Gasteiger partial charge in [-0.1, -0.05) is 54.6 Å². The molecule has 0 saturated carbocycles. The first kappa shape index (κ1) is 19.4. The first-order valence-electron chi connectivity index (χ1n) is 9.23. The number of rotatable bonds is 9. The summed E-state index contributed by atoms with van der Waals surface area (Å²) in [4.78, 5) is 30.1.